The number of carbonyl (C=O) groups excluding carboxylic acids is 2. The summed E-state index contributed by atoms with van der Waals surface area (Å²) in [6.07, 6.45) is 2.04. The number of para-hydroxylation sites is 1. The number of amides is 1. The molecule has 0 unspecified atom stereocenters. The van der Waals surface area contributed by atoms with Gasteiger partial charge < -0.3 is 14.4 Å². The van der Waals surface area contributed by atoms with Crippen molar-refractivity contribution in [2.24, 2.45) is 0 Å². The van der Waals surface area contributed by atoms with Gasteiger partial charge >= 0.3 is 6.09 Å². The van der Waals surface area contributed by atoms with Crippen LogP contribution >= 0.6 is 0 Å². The van der Waals surface area contributed by atoms with Crippen LogP contribution in [0.15, 0.2) is 24.3 Å². The second-order valence-corrected chi connectivity index (χ2v) is 4.66. The van der Waals surface area contributed by atoms with Gasteiger partial charge in [0.1, 0.15) is 11.9 Å². The molecule has 0 atom stereocenters. The molecule has 0 aromatic heterocycles. The van der Waals surface area contributed by atoms with Crippen LogP contribution in [0.1, 0.15) is 30.1 Å². The quantitative estimate of drug-likeness (QED) is 0.793. The summed E-state index contributed by atoms with van der Waals surface area (Å²) in [4.78, 5) is 24.2. The first-order valence-electron chi connectivity index (χ1n) is 6.87. The molecule has 5 nitrogen and oxygen atoms in total. The number of aldehydes is 1. The second-order valence-electron chi connectivity index (χ2n) is 4.66. The van der Waals surface area contributed by atoms with Gasteiger partial charge in [0.05, 0.1) is 12.2 Å². The average Bonchev–Trinajstić information content (AvgIpc) is 2.49. The Labute approximate surface area is 118 Å². The number of carbonyl (C=O) groups is 2. The highest BCUT2D eigenvalue weighted by molar-refractivity contribution is 5.79. The monoisotopic (exact) mass is 277 g/mol. The lowest BCUT2D eigenvalue weighted by Crippen LogP contribution is -2.42. The number of nitrogens with zero attached hydrogens (tertiary/aromatic N) is 1. The SMILES string of the molecule is CCOC(=O)N1CCC(Oc2ccccc2C=O)CC1. The molecular weight excluding hydrogens is 258 g/mol. The molecule has 0 bridgehead atoms. The molecule has 2 rings (SSSR count). The van der Waals surface area contributed by atoms with E-state index in [0.717, 1.165) is 19.1 Å². The number of hydrogen-bond acceptors (Lipinski definition) is 4. The Bertz CT molecular complexity index is 467. The van der Waals surface area contributed by atoms with Crippen molar-refractivity contribution < 1.29 is 19.1 Å². The van der Waals surface area contributed by atoms with Crippen molar-refractivity contribution in [3.8, 4) is 5.75 Å². The van der Waals surface area contributed by atoms with Gasteiger partial charge in [-0.1, -0.05) is 12.1 Å². The van der Waals surface area contributed by atoms with Gasteiger partial charge in [0.15, 0.2) is 6.29 Å². The number of benzene rings is 1. The Morgan fingerprint density at radius 1 is 1.35 bits per heavy atom. The number of likely N-dealkylation sites (tertiary alicyclic amines) is 1. The highest BCUT2D eigenvalue weighted by Gasteiger charge is 2.25. The van der Waals surface area contributed by atoms with Crippen LogP contribution in [0.2, 0.25) is 0 Å². The Hall–Kier alpha value is -2.04. The van der Waals surface area contributed by atoms with E-state index >= 15 is 0 Å². The largest absolute Gasteiger partial charge is 0.490 e. The van der Waals surface area contributed by atoms with E-state index < -0.39 is 0 Å². The van der Waals surface area contributed by atoms with Crippen LogP contribution in [0, 0.1) is 0 Å². The highest BCUT2D eigenvalue weighted by atomic mass is 16.6. The molecule has 0 aliphatic carbocycles. The molecule has 108 valence electrons. The normalized spacial score (nSPS) is 15.8. The molecule has 1 saturated heterocycles. The van der Waals surface area contributed by atoms with Crippen LogP contribution in [0.25, 0.3) is 0 Å². The molecule has 1 aromatic carbocycles. The topological polar surface area (TPSA) is 55.8 Å². The smallest absolute Gasteiger partial charge is 0.409 e. The molecule has 0 radical (unpaired) electrons. The van der Waals surface area contributed by atoms with Crippen molar-refractivity contribution in [2.45, 2.75) is 25.9 Å². The standard InChI is InChI=1S/C15H19NO4/c1-2-19-15(18)16-9-7-13(8-10-16)20-14-6-4-3-5-12(14)11-17/h3-6,11,13H,2,7-10H2,1H3. The lowest BCUT2D eigenvalue weighted by molar-refractivity contribution is 0.0700. The van der Waals surface area contributed by atoms with Crippen LogP contribution < -0.4 is 4.74 Å². The number of ether oxygens (including phenoxy) is 2. The fourth-order valence-electron chi connectivity index (χ4n) is 2.24. The molecule has 1 aromatic rings. The van der Waals surface area contributed by atoms with Gasteiger partial charge in [0.2, 0.25) is 0 Å². The van der Waals surface area contributed by atoms with E-state index in [0.29, 0.717) is 31.0 Å². The van der Waals surface area contributed by atoms with Crippen LogP contribution in [-0.2, 0) is 4.74 Å². The molecule has 5 heteroatoms. The van der Waals surface area contributed by atoms with Crippen molar-refractivity contribution in [1.29, 1.82) is 0 Å². The van der Waals surface area contributed by atoms with Gasteiger partial charge in [-0.15, -0.1) is 0 Å². The van der Waals surface area contributed by atoms with Gasteiger partial charge in [-0.3, -0.25) is 4.79 Å². The first-order valence-corrected chi connectivity index (χ1v) is 6.87. The third-order valence-electron chi connectivity index (χ3n) is 3.31. The summed E-state index contributed by atoms with van der Waals surface area (Å²) in [5.74, 6) is 0.608. The lowest BCUT2D eigenvalue weighted by atomic mass is 10.1. The predicted molar refractivity (Wildman–Crippen MR) is 74.1 cm³/mol. The maximum atomic E-state index is 11.6. The molecule has 1 aliphatic heterocycles. The molecule has 0 N–H and O–H groups in total. The zero-order chi connectivity index (χ0) is 14.4. The summed E-state index contributed by atoms with van der Waals surface area (Å²) < 4.78 is 10.8. The van der Waals surface area contributed by atoms with Gasteiger partial charge in [-0.25, -0.2) is 4.79 Å². The molecule has 1 heterocycles. The van der Waals surface area contributed by atoms with E-state index in [4.69, 9.17) is 9.47 Å². The van der Waals surface area contributed by atoms with E-state index in [-0.39, 0.29) is 12.2 Å². The Balaban J connectivity index is 1.88. The van der Waals surface area contributed by atoms with E-state index in [2.05, 4.69) is 0 Å². The second kappa shape index (κ2) is 6.93. The molecule has 0 saturated carbocycles. The van der Waals surface area contributed by atoms with Gasteiger partial charge in [-0.05, 0) is 19.1 Å². The van der Waals surface area contributed by atoms with Crippen LogP contribution in [0.5, 0.6) is 5.75 Å². The van der Waals surface area contributed by atoms with Crippen molar-refractivity contribution in [2.75, 3.05) is 19.7 Å². The first kappa shape index (κ1) is 14.4. The summed E-state index contributed by atoms with van der Waals surface area (Å²) in [6.45, 7) is 3.42. The summed E-state index contributed by atoms with van der Waals surface area (Å²) in [5.41, 5.74) is 0.556. The number of rotatable bonds is 4. The molecule has 1 amide bonds. The fourth-order valence-corrected chi connectivity index (χ4v) is 2.24. The molecule has 0 spiro atoms. The third-order valence-corrected chi connectivity index (χ3v) is 3.31. The Morgan fingerprint density at radius 2 is 2.05 bits per heavy atom. The van der Waals surface area contributed by atoms with E-state index in [9.17, 15) is 9.59 Å². The van der Waals surface area contributed by atoms with Crippen molar-refractivity contribution in [3.05, 3.63) is 29.8 Å². The minimum absolute atomic E-state index is 0.0294. The predicted octanol–water partition coefficient (Wildman–Crippen LogP) is 2.50. The number of hydrogen-bond donors (Lipinski definition) is 0. The Kier molecular flexibility index (Phi) is 4.98. The average molecular weight is 277 g/mol. The van der Waals surface area contributed by atoms with Gasteiger partial charge in [-0.2, -0.15) is 0 Å². The summed E-state index contributed by atoms with van der Waals surface area (Å²) >= 11 is 0. The zero-order valence-corrected chi connectivity index (χ0v) is 11.6. The number of piperidine rings is 1. The minimum Gasteiger partial charge on any atom is -0.490 e. The highest BCUT2D eigenvalue weighted by Crippen LogP contribution is 2.22. The molecule has 1 fully saturated rings. The Morgan fingerprint density at radius 3 is 2.70 bits per heavy atom. The molecule has 1 aliphatic rings. The van der Waals surface area contributed by atoms with Crippen LogP contribution in [0.3, 0.4) is 0 Å². The van der Waals surface area contributed by atoms with E-state index in [1.807, 2.05) is 6.07 Å². The summed E-state index contributed by atoms with van der Waals surface area (Å²) in [5, 5.41) is 0. The van der Waals surface area contributed by atoms with Crippen molar-refractivity contribution >= 4 is 12.4 Å². The zero-order valence-electron chi connectivity index (χ0n) is 11.6. The van der Waals surface area contributed by atoms with Crippen molar-refractivity contribution in [3.63, 3.8) is 0 Å². The van der Waals surface area contributed by atoms with Crippen LogP contribution in [-0.4, -0.2) is 43.1 Å². The van der Waals surface area contributed by atoms with Crippen LogP contribution in [0.4, 0.5) is 4.79 Å². The molecular formula is C15H19NO4. The summed E-state index contributed by atoms with van der Waals surface area (Å²) in [6, 6.07) is 7.17. The van der Waals surface area contributed by atoms with Gasteiger partial charge in [0.25, 0.3) is 0 Å². The third kappa shape index (κ3) is 3.50. The first-order chi connectivity index (χ1) is 9.74. The fraction of sp³-hybridized carbons (Fsp3) is 0.467. The lowest BCUT2D eigenvalue weighted by Gasteiger charge is -2.31. The van der Waals surface area contributed by atoms with E-state index in [1.54, 1.807) is 30.0 Å². The van der Waals surface area contributed by atoms with E-state index in [1.165, 1.54) is 0 Å². The van der Waals surface area contributed by atoms with Crippen molar-refractivity contribution in [1.82, 2.24) is 4.90 Å². The van der Waals surface area contributed by atoms with Gasteiger partial charge in [0, 0.05) is 25.9 Å². The minimum atomic E-state index is -0.265. The maximum Gasteiger partial charge on any atom is 0.409 e. The summed E-state index contributed by atoms with van der Waals surface area (Å²) in [7, 11) is 0. The maximum absolute atomic E-state index is 11.6. The molecule has 20 heavy (non-hydrogen) atoms.